The van der Waals surface area contributed by atoms with Crippen LogP contribution in [-0.4, -0.2) is 14.5 Å². The van der Waals surface area contributed by atoms with E-state index in [2.05, 4.69) is 139 Å². The first-order chi connectivity index (χ1) is 22.2. The van der Waals surface area contributed by atoms with E-state index in [1.54, 1.807) is 0 Å². The first-order valence-corrected chi connectivity index (χ1v) is 16.0. The summed E-state index contributed by atoms with van der Waals surface area (Å²) in [5.41, 5.74) is 9.79. The van der Waals surface area contributed by atoms with Crippen LogP contribution in [0.5, 0.6) is 0 Å². The highest BCUT2D eigenvalue weighted by molar-refractivity contribution is 7.26. The summed E-state index contributed by atoms with van der Waals surface area (Å²) in [5, 5.41) is 4.94. The Hall–Kier alpha value is -5.58. The SMILES string of the molecule is Cc1ccc(-n2c3ccccc3c3c(-c4cc(-c5cccc6c5sc5ccccc56)nc(-c5ccccc5)n4)cccc32)cc1. The molecule has 9 aromatic rings. The van der Waals surface area contributed by atoms with Gasteiger partial charge in [-0.25, -0.2) is 9.97 Å². The van der Waals surface area contributed by atoms with Gasteiger partial charge in [0.2, 0.25) is 0 Å². The molecule has 0 spiro atoms. The molecule has 3 nitrogen and oxygen atoms in total. The summed E-state index contributed by atoms with van der Waals surface area (Å²) in [6.45, 7) is 2.13. The van der Waals surface area contributed by atoms with Gasteiger partial charge in [0.15, 0.2) is 5.82 Å². The van der Waals surface area contributed by atoms with E-state index >= 15 is 0 Å². The van der Waals surface area contributed by atoms with Gasteiger partial charge in [-0.2, -0.15) is 0 Å². The van der Waals surface area contributed by atoms with Crippen LogP contribution in [-0.2, 0) is 0 Å². The summed E-state index contributed by atoms with van der Waals surface area (Å²) >= 11 is 1.83. The van der Waals surface area contributed by atoms with E-state index in [1.165, 1.54) is 42.0 Å². The molecule has 3 heterocycles. The number of benzene rings is 6. The Bertz CT molecular complexity index is 2540. The number of fused-ring (bicyclic) bond motifs is 6. The number of hydrogen-bond acceptors (Lipinski definition) is 3. The van der Waals surface area contributed by atoms with Crippen LogP contribution < -0.4 is 0 Å². The molecule has 4 heteroatoms. The van der Waals surface area contributed by atoms with Crippen molar-refractivity contribution in [1.82, 2.24) is 14.5 Å². The largest absolute Gasteiger partial charge is 0.309 e. The van der Waals surface area contributed by atoms with Gasteiger partial charge in [0.1, 0.15) is 0 Å². The van der Waals surface area contributed by atoms with E-state index in [9.17, 15) is 0 Å². The van der Waals surface area contributed by atoms with Crippen LogP contribution in [0.1, 0.15) is 5.56 Å². The molecule has 0 fully saturated rings. The second-order valence-corrected chi connectivity index (χ2v) is 12.5. The first kappa shape index (κ1) is 25.9. The van der Waals surface area contributed by atoms with Gasteiger partial charge in [-0.1, -0.05) is 115 Å². The molecule has 45 heavy (non-hydrogen) atoms. The third-order valence-corrected chi connectivity index (χ3v) is 9.92. The summed E-state index contributed by atoms with van der Waals surface area (Å²) in [5.74, 6) is 0.723. The van der Waals surface area contributed by atoms with Gasteiger partial charge in [0, 0.05) is 53.3 Å². The van der Waals surface area contributed by atoms with E-state index in [1.807, 2.05) is 29.5 Å². The molecule has 0 atom stereocenters. The molecule has 0 bridgehead atoms. The monoisotopic (exact) mass is 593 g/mol. The van der Waals surface area contributed by atoms with E-state index < -0.39 is 0 Å². The molecule has 0 aliphatic carbocycles. The Balaban J connectivity index is 1.35. The normalized spacial score (nSPS) is 11.7. The fourth-order valence-electron chi connectivity index (χ4n) is 6.59. The third kappa shape index (κ3) is 4.18. The van der Waals surface area contributed by atoms with Crippen LogP contribution in [0.2, 0.25) is 0 Å². The molecular formula is C41H27N3S. The minimum atomic E-state index is 0.723. The first-order valence-electron chi connectivity index (χ1n) is 15.2. The molecule has 9 rings (SSSR count). The molecule has 0 aliphatic heterocycles. The van der Waals surface area contributed by atoms with Crippen molar-refractivity contribution in [3.05, 3.63) is 151 Å². The van der Waals surface area contributed by atoms with Crippen LogP contribution in [0.3, 0.4) is 0 Å². The summed E-state index contributed by atoms with van der Waals surface area (Å²) in [6, 6.07) is 51.7. The smallest absolute Gasteiger partial charge is 0.160 e. The zero-order valence-electron chi connectivity index (χ0n) is 24.6. The summed E-state index contributed by atoms with van der Waals surface area (Å²) in [7, 11) is 0. The van der Waals surface area contributed by atoms with Crippen molar-refractivity contribution in [1.29, 1.82) is 0 Å². The highest BCUT2D eigenvalue weighted by atomic mass is 32.1. The highest BCUT2D eigenvalue weighted by Crippen LogP contribution is 2.42. The van der Waals surface area contributed by atoms with Crippen molar-refractivity contribution in [2.45, 2.75) is 6.92 Å². The van der Waals surface area contributed by atoms with Crippen LogP contribution in [0.4, 0.5) is 0 Å². The molecule has 212 valence electrons. The number of aryl methyl sites for hydroxylation is 1. The van der Waals surface area contributed by atoms with E-state index in [0.29, 0.717) is 0 Å². The standard InChI is InChI=1S/C41H27N3S/c1-26-21-23-28(24-22-26)44-36-18-7-5-14-33(36)39-31(16-10-19-37(39)44)34-25-35(43-41(42-34)27-11-3-2-4-12-27)32-17-9-15-30-29-13-6-8-20-38(29)45-40(30)32/h2-25H,1H3. The molecule has 0 saturated heterocycles. The fraction of sp³-hybridized carbons (Fsp3) is 0.0244. The second-order valence-electron chi connectivity index (χ2n) is 11.5. The molecule has 6 aromatic carbocycles. The van der Waals surface area contributed by atoms with Crippen molar-refractivity contribution in [2.24, 2.45) is 0 Å². The maximum atomic E-state index is 5.26. The van der Waals surface area contributed by atoms with E-state index in [-0.39, 0.29) is 0 Å². The Morgan fingerprint density at radius 1 is 0.533 bits per heavy atom. The van der Waals surface area contributed by atoms with Crippen molar-refractivity contribution >= 4 is 53.3 Å². The molecule has 0 radical (unpaired) electrons. The predicted octanol–water partition coefficient (Wildman–Crippen LogP) is 11.3. The van der Waals surface area contributed by atoms with Gasteiger partial charge in [-0.15, -0.1) is 11.3 Å². The quantitative estimate of drug-likeness (QED) is 0.203. The second kappa shape index (κ2) is 10.3. The molecule has 0 aliphatic rings. The number of rotatable bonds is 4. The fourth-order valence-corrected chi connectivity index (χ4v) is 7.82. The van der Waals surface area contributed by atoms with Crippen molar-refractivity contribution in [3.63, 3.8) is 0 Å². The van der Waals surface area contributed by atoms with E-state index in [0.717, 1.165) is 45.1 Å². The van der Waals surface area contributed by atoms with Crippen LogP contribution in [0.15, 0.2) is 146 Å². The zero-order valence-corrected chi connectivity index (χ0v) is 25.4. The molecule has 0 amide bonds. The lowest BCUT2D eigenvalue weighted by Gasteiger charge is -2.12. The number of thiophene rings is 1. The Kier molecular flexibility index (Phi) is 5.90. The third-order valence-electron chi connectivity index (χ3n) is 8.70. The number of para-hydroxylation sites is 1. The lowest BCUT2D eigenvalue weighted by Crippen LogP contribution is -1.97. The van der Waals surface area contributed by atoms with Gasteiger partial charge in [0.25, 0.3) is 0 Å². The van der Waals surface area contributed by atoms with Crippen LogP contribution in [0, 0.1) is 6.92 Å². The maximum Gasteiger partial charge on any atom is 0.160 e. The summed E-state index contributed by atoms with van der Waals surface area (Å²) in [4.78, 5) is 10.5. The Morgan fingerprint density at radius 2 is 1.18 bits per heavy atom. The lowest BCUT2D eigenvalue weighted by molar-refractivity contribution is 1.17. The van der Waals surface area contributed by atoms with Crippen molar-refractivity contribution in [2.75, 3.05) is 0 Å². The van der Waals surface area contributed by atoms with Crippen LogP contribution in [0.25, 0.3) is 81.6 Å². The number of aromatic nitrogens is 3. The average Bonchev–Trinajstić information content (AvgIpc) is 3.65. The minimum Gasteiger partial charge on any atom is -0.309 e. The van der Waals surface area contributed by atoms with Gasteiger partial charge >= 0.3 is 0 Å². The van der Waals surface area contributed by atoms with Gasteiger partial charge < -0.3 is 4.57 Å². The summed E-state index contributed by atoms with van der Waals surface area (Å²) in [6.07, 6.45) is 0. The van der Waals surface area contributed by atoms with Gasteiger partial charge in [-0.3, -0.25) is 0 Å². The van der Waals surface area contributed by atoms with Crippen LogP contribution >= 0.6 is 11.3 Å². The van der Waals surface area contributed by atoms with Crippen molar-refractivity contribution in [3.8, 4) is 39.6 Å². The molecule has 0 saturated carbocycles. The average molecular weight is 594 g/mol. The Morgan fingerprint density at radius 3 is 2.02 bits per heavy atom. The topological polar surface area (TPSA) is 30.7 Å². The number of nitrogens with zero attached hydrogens (tertiary/aromatic N) is 3. The molecule has 0 N–H and O–H groups in total. The minimum absolute atomic E-state index is 0.723. The zero-order chi connectivity index (χ0) is 29.9. The van der Waals surface area contributed by atoms with Gasteiger partial charge in [0.05, 0.1) is 22.4 Å². The number of hydrogen-bond donors (Lipinski definition) is 0. The predicted molar refractivity (Wildman–Crippen MR) is 190 cm³/mol. The van der Waals surface area contributed by atoms with Gasteiger partial charge in [-0.05, 0) is 43.3 Å². The Labute approximate surface area is 264 Å². The molecular weight excluding hydrogens is 567 g/mol. The van der Waals surface area contributed by atoms with E-state index in [4.69, 9.17) is 9.97 Å². The maximum absolute atomic E-state index is 5.26. The molecule has 3 aromatic heterocycles. The van der Waals surface area contributed by atoms with Crippen molar-refractivity contribution < 1.29 is 0 Å². The lowest BCUT2D eigenvalue weighted by atomic mass is 10.0. The molecule has 0 unspecified atom stereocenters. The summed E-state index contributed by atoms with van der Waals surface area (Å²) < 4.78 is 4.90. The highest BCUT2D eigenvalue weighted by Gasteiger charge is 2.19.